The van der Waals surface area contributed by atoms with Gasteiger partial charge in [-0.2, -0.15) is 0 Å². The van der Waals surface area contributed by atoms with Crippen molar-refractivity contribution in [2.24, 2.45) is 12.2 Å². The standard InChI is InChI=1S/C16H17N5O2S/c1-11-14(24(17,22)23)7-6-12(20-15-5-3-4-8-18-15)16(11)13-9-21(2)10-19-13/h3-10H,1-2H3,(H,18,20)(H2,17,22,23). The first-order valence-electron chi connectivity index (χ1n) is 7.19. The number of benzene rings is 1. The van der Waals surface area contributed by atoms with Crippen LogP contribution < -0.4 is 10.5 Å². The van der Waals surface area contributed by atoms with Gasteiger partial charge in [0.25, 0.3) is 0 Å². The number of hydrogen-bond acceptors (Lipinski definition) is 5. The summed E-state index contributed by atoms with van der Waals surface area (Å²) in [6, 6.07) is 8.67. The molecule has 1 aromatic carbocycles. The van der Waals surface area contributed by atoms with Gasteiger partial charge < -0.3 is 9.88 Å². The average molecular weight is 343 g/mol. The Morgan fingerprint density at radius 3 is 2.54 bits per heavy atom. The van der Waals surface area contributed by atoms with Gasteiger partial charge in [0.2, 0.25) is 10.0 Å². The van der Waals surface area contributed by atoms with E-state index < -0.39 is 10.0 Å². The lowest BCUT2D eigenvalue weighted by Crippen LogP contribution is -2.14. The number of sulfonamides is 1. The van der Waals surface area contributed by atoms with Gasteiger partial charge in [0, 0.05) is 30.7 Å². The van der Waals surface area contributed by atoms with E-state index in [9.17, 15) is 8.42 Å². The summed E-state index contributed by atoms with van der Waals surface area (Å²) in [5.74, 6) is 0.650. The lowest BCUT2D eigenvalue weighted by Gasteiger charge is -2.15. The van der Waals surface area contributed by atoms with Gasteiger partial charge in [-0.05, 0) is 36.8 Å². The van der Waals surface area contributed by atoms with Crippen molar-refractivity contribution in [1.29, 1.82) is 0 Å². The normalized spacial score (nSPS) is 11.5. The quantitative estimate of drug-likeness (QED) is 0.756. The summed E-state index contributed by atoms with van der Waals surface area (Å²) in [5, 5.41) is 8.53. The van der Waals surface area contributed by atoms with Gasteiger partial charge in [-0.1, -0.05) is 6.07 Å². The molecule has 0 bridgehead atoms. The van der Waals surface area contributed by atoms with Crippen LogP contribution >= 0.6 is 0 Å². The minimum atomic E-state index is -3.82. The molecule has 24 heavy (non-hydrogen) atoms. The van der Waals surface area contributed by atoms with Gasteiger partial charge in [0.1, 0.15) is 5.82 Å². The van der Waals surface area contributed by atoms with Crippen LogP contribution in [0.1, 0.15) is 5.56 Å². The number of primary sulfonamides is 1. The summed E-state index contributed by atoms with van der Waals surface area (Å²) >= 11 is 0. The molecular formula is C16H17N5O2S. The number of pyridine rings is 1. The number of hydrogen-bond donors (Lipinski definition) is 2. The highest BCUT2D eigenvalue weighted by atomic mass is 32.2. The van der Waals surface area contributed by atoms with Crippen molar-refractivity contribution in [1.82, 2.24) is 14.5 Å². The zero-order chi connectivity index (χ0) is 17.3. The summed E-state index contributed by atoms with van der Waals surface area (Å²) in [5.41, 5.74) is 2.57. The first-order chi connectivity index (χ1) is 11.4. The maximum atomic E-state index is 11.8. The minimum absolute atomic E-state index is 0.0784. The fourth-order valence-corrected chi connectivity index (χ4v) is 3.34. The van der Waals surface area contributed by atoms with Crippen LogP contribution in [0.5, 0.6) is 0 Å². The topological polar surface area (TPSA) is 103 Å². The first-order valence-corrected chi connectivity index (χ1v) is 8.73. The molecule has 124 valence electrons. The summed E-state index contributed by atoms with van der Waals surface area (Å²) in [4.78, 5) is 8.65. The van der Waals surface area contributed by atoms with E-state index in [2.05, 4.69) is 15.3 Å². The lowest BCUT2D eigenvalue weighted by atomic mass is 10.0. The first kappa shape index (κ1) is 16.2. The fraction of sp³-hybridized carbons (Fsp3) is 0.125. The number of rotatable bonds is 4. The monoisotopic (exact) mass is 343 g/mol. The van der Waals surface area contributed by atoms with E-state index in [1.54, 1.807) is 30.1 Å². The molecule has 0 amide bonds. The Balaban J connectivity index is 2.20. The molecule has 3 rings (SSSR count). The summed E-state index contributed by atoms with van der Waals surface area (Å²) in [6.45, 7) is 1.72. The number of nitrogens with two attached hydrogens (primary N) is 1. The van der Waals surface area contributed by atoms with Crippen LogP contribution in [0.2, 0.25) is 0 Å². The Hall–Kier alpha value is -2.71. The minimum Gasteiger partial charge on any atom is -0.340 e. The SMILES string of the molecule is Cc1c(S(N)(=O)=O)ccc(Nc2ccccn2)c1-c1cn(C)cn1. The van der Waals surface area contributed by atoms with E-state index in [4.69, 9.17) is 5.14 Å². The van der Waals surface area contributed by atoms with Gasteiger partial charge >= 0.3 is 0 Å². The molecule has 0 unspecified atom stereocenters. The van der Waals surface area contributed by atoms with E-state index >= 15 is 0 Å². The number of aromatic nitrogens is 3. The zero-order valence-electron chi connectivity index (χ0n) is 13.3. The third-order valence-electron chi connectivity index (χ3n) is 3.61. The predicted octanol–water partition coefficient (Wildman–Crippen LogP) is 2.18. The van der Waals surface area contributed by atoms with Crippen molar-refractivity contribution >= 4 is 21.5 Å². The summed E-state index contributed by atoms with van der Waals surface area (Å²) < 4.78 is 25.5. The molecule has 2 heterocycles. The van der Waals surface area contributed by atoms with Gasteiger partial charge in [0.05, 0.1) is 16.9 Å². The molecule has 3 N–H and O–H groups in total. The average Bonchev–Trinajstić information content (AvgIpc) is 2.93. The molecule has 0 spiro atoms. The molecule has 0 saturated heterocycles. The van der Waals surface area contributed by atoms with Gasteiger partial charge in [-0.3, -0.25) is 0 Å². The summed E-state index contributed by atoms with van der Waals surface area (Å²) in [6.07, 6.45) is 5.15. The Morgan fingerprint density at radius 2 is 1.96 bits per heavy atom. The van der Waals surface area contributed by atoms with E-state index in [0.717, 1.165) is 0 Å². The third kappa shape index (κ3) is 3.15. The van der Waals surface area contributed by atoms with E-state index in [-0.39, 0.29) is 4.90 Å². The summed E-state index contributed by atoms with van der Waals surface area (Å²) in [7, 11) is -1.98. The van der Waals surface area contributed by atoms with Crippen LogP contribution in [0, 0.1) is 6.92 Å². The number of anilines is 2. The second-order valence-electron chi connectivity index (χ2n) is 5.42. The Morgan fingerprint density at radius 1 is 1.17 bits per heavy atom. The van der Waals surface area contributed by atoms with Crippen molar-refractivity contribution in [3.8, 4) is 11.3 Å². The van der Waals surface area contributed by atoms with Crippen molar-refractivity contribution in [2.75, 3.05) is 5.32 Å². The van der Waals surface area contributed by atoms with Gasteiger partial charge in [0.15, 0.2) is 0 Å². The molecule has 0 fully saturated rings. The molecule has 2 aromatic heterocycles. The smallest absolute Gasteiger partial charge is 0.238 e. The Bertz CT molecular complexity index is 981. The van der Waals surface area contributed by atoms with Crippen molar-refractivity contribution < 1.29 is 8.42 Å². The highest BCUT2D eigenvalue weighted by molar-refractivity contribution is 7.89. The van der Waals surface area contributed by atoms with Crippen molar-refractivity contribution in [3.05, 3.63) is 54.6 Å². The van der Waals surface area contributed by atoms with Gasteiger partial charge in [-0.15, -0.1) is 0 Å². The van der Waals surface area contributed by atoms with Crippen LogP contribution in [0.4, 0.5) is 11.5 Å². The second-order valence-corrected chi connectivity index (χ2v) is 6.95. The van der Waals surface area contributed by atoms with E-state index in [1.807, 2.05) is 31.4 Å². The highest BCUT2D eigenvalue weighted by Crippen LogP contribution is 2.35. The molecule has 3 aromatic rings. The largest absolute Gasteiger partial charge is 0.340 e. The van der Waals surface area contributed by atoms with Crippen LogP contribution in [-0.4, -0.2) is 23.0 Å². The van der Waals surface area contributed by atoms with Crippen molar-refractivity contribution in [2.45, 2.75) is 11.8 Å². The van der Waals surface area contributed by atoms with Crippen LogP contribution in [0.25, 0.3) is 11.3 Å². The third-order valence-corrected chi connectivity index (χ3v) is 4.67. The maximum Gasteiger partial charge on any atom is 0.238 e. The van der Waals surface area contributed by atoms with E-state index in [1.165, 1.54) is 6.07 Å². The number of imidazole rings is 1. The van der Waals surface area contributed by atoms with Crippen molar-refractivity contribution in [3.63, 3.8) is 0 Å². The molecule has 0 atom stereocenters. The Labute approximate surface area is 140 Å². The zero-order valence-corrected chi connectivity index (χ0v) is 14.1. The molecule has 7 nitrogen and oxygen atoms in total. The predicted molar refractivity (Wildman–Crippen MR) is 92.3 cm³/mol. The number of nitrogens with zero attached hydrogens (tertiary/aromatic N) is 3. The van der Waals surface area contributed by atoms with Gasteiger partial charge in [-0.25, -0.2) is 23.5 Å². The second kappa shape index (κ2) is 6.06. The van der Waals surface area contributed by atoms with Crippen LogP contribution in [-0.2, 0) is 17.1 Å². The highest BCUT2D eigenvalue weighted by Gasteiger charge is 2.20. The molecule has 0 saturated carbocycles. The molecule has 0 radical (unpaired) electrons. The molecular weight excluding hydrogens is 326 g/mol. The lowest BCUT2D eigenvalue weighted by molar-refractivity contribution is 0.597. The Kier molecular flexibility index (Phi) is 4.08. The van der Waals surface area contributed by atoms with Crippen LogP contribution in [0.15, 0.2) is 53.9 Å². The molecule has 0 aliphatic heterocycles. The van der Waals surface area contributed by atoms with Crippen LogP contribution in [0.3, 0.4) is 0 Å². The molecule has 0 aliphatic rings. The number of nitrogens with one attached hydrogen (secondary N) is 1. The maximum absolute atomic E-state index is 11.8. The van der Waals surface area contributed by atoms with E-state index in [0.29, 0.717) is 28.3 Å². The molecule has 8 heteroatoms. The number of aryl methyl sites for hydroxylation is 1. The molecule has 0 aliphatic carbocycles. The fourth-order valence-electron chi connectivity index (χ4n) is 2.55.